The van der Waals surface area contributed by atoms with Gasteiger partial charge in [-0.2, -0.15) is 4.68 Å². The summed E-state index contributed by atoms with van der Waals surface area (Å²) in [6.07, 6.45) is 0. The van der Waals surface area contributed by atoms with E-state index in [0.717, 1.165) is 0 Å². The van der Waals surface area contributed by atoms with E-state index >= 15 is 0 Å². The van der Waals surface area contributed by atoms with Gasteiger partial charge in [0.15, 0.2) is 5.82 Å². The fourth-order valence-corrected chi connectivity index (χ4v) is 1.74. The smallest absolute Gasteiger partial charge is 0.170 e. The van der Waals surface area contributed by atoms with Crippen molar-refractivity contribution in [3.8, 4) is 5.69 Å². The summed E-state index contributed by atoms with van der Waals surface area (Å²) in [6.45, 7) is 6.60. The molecule has 0 aliphatic heterocycles. The molecule has 0 unspecified atom stereocenters. The van der Waals surface area contributed by atoms with Crippen LogP contribution >= 0.6 is 11.6 Å². The molecular weight excluding hydrogens is 269 g/mol. The molecule has 1 N–H and O–H groups in total. The van der Waals surface area contributed by atoms with Gasteiger partial charge >= 0.3 is 0 Å². The highest BCUT2D eigenvalue weighted by Gasteiger charge is 2.14. The van der Waals surface area contributed by atoms with Crippen LogP contribution in [0.25, 0.3) is 5.69 Å². The summed E-state index contributed by atoms with van der Waals surface area (Å²) in [4.78, 5) is 0. The lowest BCUT2D eigenvalue weighted by Crippen LogP contribution is -2.35. The fourth-order valence-electron chi connectivity index (χ4n) is 1.52. The topological polar surface area (TPSA) is 55.6 Å². The zero-order valence-electron chi connectivity index (χ0n) is 11.0. The largest absolute Gasteiger partial charge is 0.305 e. The van der Waals surface area contributed by atoms with Crippen molar-refractivity contribution in [2.45, 2.75) is 32.9 Å². The van der Waals surface area contributed by atoms with Gasteiger partial charge in [-0.1, -0.05) is 11.6 Å². The zero-order chi connectivity index (χ0) is 14.0. The summed E-state index contributed by atoms with van der Waals surface area (Å²) in [5.41, 5.74) is 0.441. The minimum absolute atomic E-state index is 0.0592. The molecule has 1 aromatic carbocycles. The van der Waals surface area contributed by atoms with Gasteiger partial charge in [0, 0.05) is 10.6 Å². The van der Waals surface area contributed by atoms with Crippen molar-refractivity contribution >= 4 is 11.6 Å². The molecule has 2 rings (SSSR count). The Morgan fingerprint density at radius 2 is 2.05 bits per heavy atom. The first kappa shape index (κ1) is 13.9. The predicted molar refractivity (Wildman–Crippen MR) is 70.7 cm³/mol. The third kappa shape index (κ3) is 3.71. The summed E-state index contributed by atoms with van der Waals surface area (Å²) >= 11 is 5.83. The number of rotatable bonds is 3. The maximum Gasteiger partial charge on any atom is 0.170 e. The zero-order valence-corrected chi connectivity index (χ0v) is 11.7. The van der Waals surface area contributed by atoms with Crippen molar-refractivity contribution in [2.24, 2.45) is 0 Å². The number of halogens is 2. The Morgan fingerprint density at radius 1 is 1.32 bits per heavy atom. The number of hydrogen-bond acceptors (Lipinski definition) is 4. The second-order valence-electron chi connectivity index (χ2n) is 5.24. The lowest BCUT2D eigenvalue weighted by molar-refractivity contribution is 0.415. The standard InChI is InChI=1S/C12H15ClFN5/c1-12(2,3)15-7-11-16-17-18-19(11)10-5-8(13)4-9(14)6-10/h4-6,15H,7H2,1-3H3. The van der Waals surface area contributed by atoms with E-state index in [2.05, 4.69) is 20.8 Å². The van der Waals surface area contributed by atoms with Crippen LogP contribution in [0.3, 0.4) is 0 Å². The normalized spacial score (nSPS) is 11.8. The van der Waals surface area contributed by atoms with Crippen LogP contribution in [0.1, 0.15) is 26.6 Å². The van der Waals surface area contributed by atoms with Crippen LogP contribution in [0.15, 0.2) is 18.2 Å². The third-order valence-corrected chi connectivity index (χ3v) is 2.62. The van der Waals surface area contributed by atoms with Gasteiger partial charge in [0.25, 0.3) is 0 Å². The fraction of sp³-hybridized carbons (Fsp3) is 0.417. The van der Waals surface area contributed by atoms with Gasteiger partial charge in [-0.3, -0.25) is 0 Å². The quantitative estimate of drug-likeness (QED) is 0.939. The summed E-state index contributed by atoms with van der Waals surface area (Å²) in [5, 5.41) is 15.0. The van der Waals surface area contributed by atoms with Crippen LogP contribution in [0.2, 0.25) is 5.02 Å². The SMILES string of the molecule is CC(C)(C)NCc1nnnn1-c1cc(F)cc(Cl)c1. The van der Waals surface area contributed by atoms with Crippen molar-refractivity contribution in [1.82, 2.24) is 25.5 Å². The average Bonchev–Trinajstić information content (AvgIpc) is 2.72. The van der Waals surface area contributed by atoms with Gasteiger partial charge in [0.1, 0.15) is 5.82 Å². The summed E-state index contributed by atoms with van der Waals surface area (Å²) < 4.78 is 14.8. The lowest BCUT2D eigenvalue weighted by atomic mass is 10.1. The number of aromatic nitrogens is 4. The van der Waals surface area contributed by atoms with Crippen molar-refractivity contribution in [2.75, 3.05) is 0 Å². The summed E-state index contributed by atoms with van der Waals surface area (Å²) in [6, 6.07) is 4.19. The van der Waals surface area contributed by atoms with Crippen molar-refractivity contribution in [3.63, 3.8) is 0 Å². The summed E-state index contributed by atoms with van der Waals surface area (Å²) in [5.74, 6) is 0.171. The molecule has 0 bridgehead atoms. The molecule has 5 nitrogen and oxygen atoms in total. The molecule has 0 aliphatic rings. The van der Waals surface area contributed by atoms with E-state index in [1.165, 1.54) is 16.8 Å². The lowest BCUT2D eigenvalue weighted by Gasteiger charge is -2.19. The first-order valence-electron chi connectivity index (χ1n) is 5.84. The molecule has 0 spiro atoms. The Morgan fingerprint density at radius 3 is 2.68 bits per heavy atom. The molecule has 0 saturated heterocycles. The van der Waals surface area contributed by atoms with Crippen LogP contribution in [-0.2, 0) is 6.54 Å². The van der Waals surface area contributed by atoms with Gasteiger partial charge in [-0.05, 0) is 49.4 Å². The van der Waals surface area contributed by atoms with E-state index in [9.17, 15) is 4.39 Å². The Kier molecular flexibility index (Phi) is 3.82. The van der Waals surface area contributed by atoms with E-state index in [-0.39, 0.29) is 5.54 Å². The van der Waals surface area contributed by atoms with Gasteiger partial charge < -0.3 is 5.32 Å². The highest BCUT2D eigenvalue weighted by Crippen LogP contribution is 2.17. The molecule has 1 heterocycles. The van der Waals surface area contributed by atoms with E-state index in [1.54, 1.807) is 6.07 Å². The molecular formula is C12H15ClFN5. The number of tetrazole rings is 1. The van der Waals surface area contributed by atoms with Crippen molar-refractivity contribution in [1.29, 1.82) is 0 Å². The Hall–Kier alpha value is -1.53. The molecule has 0 radical (unpaired) electrons. The second kappa shape index (κ2) is 5.22. The van der Waals surface area contributed by atoms with E-state index in [0.29, 0.717) is 23.1 Å². The van der Waals surface area contributed by atoms with Crippen LogP contribution < -0.4 is 5.32 Å². The van der Waals surface area contributed by atoms with Crippen LogP contribution in [0, 0.1) is 5.82 Å². The molecule has 102 valence electrons. The van der Waals surface area contributed by atoms with E-state index < -0.39 is 5.82 Å². The minimum Gasteiger partial charge on any atom is -0.305 e. The van der Waals surface area contributed by atoms with Crippen molar-refractivity contribution < 1.29 is 4.39 Å². The molecule has 0 saturated carbocycles. The maximum atomic E-state index is 13.3. The molecule has 0 fully saturated rings. The first-order valence-corrected chi connectivity index (χ1v) is 6.22. The van der Waals surface area contributed by atoms with Crippen LogP contribution in [-0.4, -0.2) is 25.7 Å². The van der Waals surface area contributed by atoms with Gasteiger partial charge in [0.2, 0.25) is 0 Å². The van der Waals surface area contributed by atoms with E-state index in [4.69, 9.17) is 11.6 Å². The number of benzene rings is 1. The molecule has 0 aliphatic carbocycles. The Balaban J connectivity index is 2.28. The van der Waals surface area contributed by atoms with Crippen molar-refractivity contribution in [3.05, 3.63) is 34.9 Å². The number of nitrogens with zero attached hydrogens (tertiary/aromatic N) is 4. The summed E-state index contributed by atoms with van der Waals surface area (Å²) in [7, 11) is 0. The molecule has 0 atom stereocenters. The van der Waals surface area contributed by atoms with Gasteiger partial charge in [0.05, 0.1) is 12.2 Å². The van der Waals surface area contributed by atoms with Crippen LogP contribution in [0.5, 0.6) is 0 Å². The van der Waals surface area contributed by atoms with Crippen LogP contribution in [0.4, 0.5) is 4.39 Å². The highest BCUT2D eigenvalue weighted by atomic mass is 35.5. The molecule has 0 amide bonds. The van der Waals surface area contributed by atoms with Gasteiger partial charge in [-0.15, -0.1) is 5.10 Å². The average molecular weight is 284 g/mol. The molecule has 2 aromatic rings. The molecule has 7 heteroatoms. The Bertz CT molecular complexity index is 555. The van der Waals surface area contributed by atoms with E-state index in [1.807, 2.05) is 20.8 Å². The Labute approximate surface area is 115 Å². The maximum absolute atomic E-state index is 13.3. The number of hydrogen-bond donors (Lipinski definition) is 1. The monoisotopic (exact) mass is 283 g/mol. The first-order chi connectivity index (χ1) is 8.85. The molecule has 19 heavy (non-hydrogen) atoms. The minimum atomic E-state index is -0.423. The predicted octanol–water partition coefficient (Wildman–Crippen LogP) is 2.34. The number of nitrogens with one attached hydrogen (secondary N) is 1. The second-order valence-corrected chi connectivity index (χ2v) is 5.67. The molecule has 1 aromatic heterocycles. The third-order valence-electron chi connectivity index (χ3n) is 2.40. The highest BCUT2D eigenvalue weighted by molar-refractivity contribution is 6.30. The van der Waals surface area contributed by atoms with Gasteiger partial charge in [-0.25, -0.2) is 4.39 Å².